The van der Waals surface area contributed by atoms with Gasteiger partial charge in [0.1, 0.15) is 5.82 Å². The van der Waals surface area contributed by atoms with E-state index in [4.69, 9.17) is 11.6 Å². The van der Waals surface area contributed by atoms with E-state index < -0.39 is 0 Å². The van der Waals surface area contributed by atoms with Gasteiger partial charge in [0, 0.05) is 43.3 Å². The van der Waals surface area contributed by atoms with Gasteiger partial charge in [-0.25, -0.2) is 4.98 Å². The second-order valence-electron chi connectivity index (χ2n) is 5.69. The Morgan fingerprint density at radius 2 is 2.10 bits per heavy atom. The van der Waals surface area contributed by atoms with Gasteiger partial charge in [-0.1, -0.05) is 11.6 Å². The molecule has 1 fully saturated rings. The molecule has 0 bridgehead atoms. The maximum absolute atomic E-state index is 6.04. The molecule has 0 saturated heterocycles. The van der Waals surface area contributed by atoms with E-state index in [2.05, 4.69) is 20.8 Å². The van der Waals surface area contributed by atoms with Gasteiger partial charge in [0.15, 0.2) is 0 Å². The van der Waals surface area contributed by atoms with Gasteiger partial charge in [0.2, 0.25) is 0 Å². The maximum Gasteiger partial charge on any atom is 0.150 e. The number of thiophene rings is 1. The van der Waals surface area contributed by atoms with E-state index in [0.29, 0.717) is 5.41 Å². The average Bonchev–Trinajstić information content (AvgIpc) is 2.92. The highest BCUT2D eigenvalue weighted by atomic mass is 35.5. The van der Waals surface area contributed by atoms with Crippen LogP contribution in [-0.2, 0) is 13.1 Å². The molecule has 0 spiro atoms. The minimum atomic E-state index is 0.322. The predicted octanol–water partition coefficient (Wildman–Crippen LogP) is 3.94. The van der Waals surface area contributed by atoms with Crippen LogP contribution in [0.1, 0.15) is 12.8 Å². The summed E-state index contributed by atoms with van der Waals surface area (Å²) in [6.07, 6.45) is 10.3. The lowest BCUT2D eigenvalue weighted by Crippen LogP contribution is -2.18. The molecular formula is C15H15ClN4S. The molecule has 0 radical (unpaired) electrons. The summed E-state index contributed by atoms with van der Waals surface area (Å²) in [5.41, 5.74) is 0.322. The molecule has 1 aliphatic carbocycles. The molecule has 1 saturated carbocycles. The van der Waals surface area contributed by atoms with Crippen LogP contribution < -0.4 is 0 Å². The van der Waals surface area contributed by atoms with Gasteiger partial charge in [-0.05, 0) is 31.0 Å². The average molecular weight is 319 g/mol. The Morgan fingerprint density at radius 1 is 1.19 bits per heavy atom. The Bertz CT molecular complexity index is 739. The second kappa shape index (κ2) is 5.00. The molecule has 4 nitrogen and oxygen atoms in total. The quantitative estimate of drug-likeness (QED) is 0.714. The van der Waals surface area contributed by atoms with Gasteiger partial charge in [-0.15, -0.1) is 11.3 Å². The SMILES string of the molecule is Clc1ccc(-c2nccn2CC2(Cn3cccn3)CC2)s1. The molecule has 3 heterocycles. The largest absolute Gasteiger partial charge is 0.330 e. The van der Waals surface area contributed by atoms with Crippen LogP contribution in [0.4, 0.5) is 0 Å². The number of nitrogens with zero attached hydrogens (tertiary/aromatic N) is 4. The summed E-state index contributed by atoms with van der Waals surface area (Å²) in [6.45, 7) is 1.96. The summed E-state index contributed by atoms with van der Waals surface area (Å²) in [6, 6.07) is 5.95. The number of hydrogen-bond donors (Lipinski definition) is 0. The normalized spacial score (nSPS) is 16.2. The van der Waals surface area contributed by atoms with Crippen LogP contribution in [0.5, 0.6) is 0 Å². The monoisotopic (exact) mass is 318 g/mol. The lowest BCUT2D eigenvalue weighted by molar-refractivity contribution is 0.346. The van der Waals surface area contributed by atoms with Gasteiger partial charge < -0.3 is 4.57 Å². The standard InChI is InChI=1S/C15H15ClN4S/c16-13-3-2-12(21-13)14-17-7-9-19(14)10-15(4-5-15)11-20-8-1-6-18-20/h1-3,6-9H,4-5,10-11H2. The van der Waals surface area contributed by atoms with Crippen molar-refractivity contribution in [2.75, 3.05) is 0 Å². The van der Waals surface area contributed by atoms with Crippen molar-refractivity contribution in [2.24, 2.45) is 5.41 Å². The summed E-state index contributed by atoms with van der Waals surface area (Å²) in [7, 11) is 0. The van der Waals surface area contributed by atoms with Crippen LogP contribution in [0.2, 0.25) is 4.34 Å². The number of rotatable bonds is 5. The van der Waals surface area contributed by atoms with E-state index in [-0.39, 0.29) is 0 Å². The highest BCUT2D eigenvalue weighted by Crippen LogP contribution is 2.49. The lowest BCUT2D eigenvalue weighted by Gasteiger charge is -2.17. The summed E-state index contributed by atoms with van der Waals surface area (Å²) >= 11 is 7.62. The smallest absolute Gasteiger partial charge is 0.150 e. The molecule has 0 aromatic carbocycles. The molecule has 108 valence electrons. The fourth-order valence-corrected chi connectivity index (χ4v) is 3.79. The molecule has 1 aliphatic rings. The second-order valence-corrected chi connectivity index (χ2v) is 7.40. The van der Waals surface area contributed by atoms with Gasteiger partial charge in [-0.2, -0.15) is 5.10 Å². The van der Waals surface area contributed by atoms with Gasteiger partial charge in [0.05, 0.1) is 9.21 Å². The van der Waals surface area contributed by atoms with Crippen molar-refractivity contribution in [3.63, 3.8) is 0 Å². The summed E-state index contributed by atoms with van der Waals surface area (Å²) < 4.78 is 5.09. The number of halogens is 1. The van der Waals surface area contributed by atoms with Crippen molar-refractivity contribution in [3.8, 4) is 10.7 Å². The minimum Gasteiger partial charge on any atom is -0.330 e. The lowest BCUT2D eigenvalue weighted by atomic mass is 10.1. The van der Waals surface area contributed by atoms with Crippen LogP contribution in [0.15, 0.2) is 43.0 Å². The van der Waals surface area contributed by atoms with Crippen LogP contribution in [0, 0.1) is 5.41 Å². The molecule has 4 rings (SSSR count). The van der Waals surface area contributed by atoms with Gasteiger partial charge in [0.25, 0.3) is 0 Å². The molecule has 0 amide bonds. The fourth-order valence-electron chi connectivity index (χ4n) is 2.74. The van der Waals surface area contributed by atoms with E-state index >= 15 is 0 Å². The topological polar surface area (TPSA) is 35.6 Å². The number of hydrogen-bond acceptors (Lipinski definition) is 3. The Labute approximate surface area is 132 Å². The molecular weight excluding hydrogens is 304 g/mol. The van der Waals surface area contributed by atoms with E-state index in [1.54, 1.807) is 11.3 Å². The van der Waals surface area contributed by atoms with E-state index in [1.165, 1.54) is 12.8 Å². The maximum atomic E-state index is 6.04. The Balaban J connectivity index is 1.57. The third kappa shape index (κ3) is 2.63. The molecule has 0 atom stereocenters. The first kappa shape index (κ1) is 13.1. The van der Waals surface area contributed by atoms with E-state index in [9.17, 15) is 0 Å². The van der Waals surface area contributed by atoms with E-state index in [0.717, 1.165) is 28.1 Å². The highest BCUT2D eigenvalue weighted by Gasteiger charge is 2.43. The molecule has 3 aromatic rings. The van der Waals surface area contributed by atoms with Crippen LogP contribution >= 0.6 is 22.9 Å². The van der Waals surface area contributed by atoms with Gasteiger partial charge >= 0.3 is 0 Å². The first-order chi connectivity index (χ1) is 10.2. The van der Waals surface area contributed by atoms with Crippen molar-refractivity contribution in [1.82, 2.24) is 19.3 Å². The van der Waals surface area contributed by atoms with Crippen LogP contribution in [-0.4, -0.2) is 19.3 Å². The van der Waals surface area contributed by atoms with Crippen molar-refractivity contribution >= 4 is 22.9 Å². The van der Waals surface area contributed by atoms with Crippen LogP contribution in [0.3, 0.4) is 0 Å². The minimum absolute atomic E-state index is 0.322. The first-order valence-electron chi connectivity index (χ1n) is 6.98. The van der Waals surface area contributed by atoms with Crippen molar-refractivity contribution in [3.05, 3.63) is 47.3 Å². The molecule has 6 heteroatoms. The van der Waals surface area contributed by atoms with E-state index in [1.807, 2.05) is 41.5 Å². The molecule has 0 N–H and O–H groups in total. The molecule has 21 heavy (non-hydrogen) atoms. The van der Waals surface area contributed by atoms with Crippen molar-refractivity contribution in [2.45, 2.75) is 25.9 Å². The fraction of sp³-hybridized carbons (Fsp3) is 0.333. The number of imidazole rings is 1. The van der Waals surface area contributed by atoms with Crippen molar-refractivity contribution in [1.29, 1.82) is 0 Å². The predicted molar refractivity (Wildman–Crippen MR) is 84.4 cm³/mol. The highest BCUT2D eigenvalue weighted by molar-refractivity contribution is 7.19. The molecule has 0 aliphatic heterocycles. The zero-order valence-corrected chi connectivity index (χ0v) is 13.0. The molecule has 3 aromatic heterocycles. The summed E-state index contributed by atoms with van der Waals surface area (Å²) in [5, 5.41) is 4.33. The third-order valence-electron chi connectivity index (χ3n) is 4.03. The zero-order valence-electron chi connectivity index (χ0n) is 11.4. The number of aromatic nitrogens is 4. The molecule has 0 unspecified atom stereocenters. The van der Waals surface area contributed by atoms with Gasteiger partial charge in [-0.3, -0.25) is 4.68 Å². The third-order valence-corrected chi connectivity index (χ3v) is 5.26. The Hall–Kier alpha value is -1.59. The van der Waals surface area contributed by atoms with Crippen molar-refractivity contribution < 1.29 is 0 Å². The zero-order chi connectivity index (χ0) is 14.3. The summed E-state index contributed by atoms with van der Waals surface area (Å²) in [5.74, 6) is 1.01. The Morgan fingerprint density at radius 3 is 2.76 bits per heavy atom. The Kier molecular flexibility index (Phi) is 3.12. The van der Waals surface area contributed by atoms with Crippen LogP contribution in [0.25, 0.3) is 10.7 Å². The first-order valence-corrected chi connectivity index (χ1v) is 8.18. The summed E-state index contributed by atoms with van der Waals surface area (Å²) in [4.78, 5) is 5.63.